The second-order valence-electron chi connectivity index (χ2n) is 8.25. The molecule has 2 N–H and O–H groups in total. The molecule has 160 valence electrons. The Labute approximate surface area is 172 Å². The van der Waals surface area contributed by atoms with Crippen molar-refractivity contribution in [3.8, 4) is 6.07 Å². The average Bonchev–Trinajstić information content (AvgIpc) is 2.74. The summed E-state index contributed by atoms with van der Waals surface area (Å²) < 4.78 is 41.1. The monoisotopic (exact) mass is 419 g/mol. The molecule has 0 unspecified atom stereocenters. The molecule has 0 radical (unpaired) electrons. The highest BCUT2D eigenvalue weighted by molar-refractivity contribution is 5.92. The molecule has 30 heavy (non-hydrogen) atoms. The smallest absolute Gasteiger partial charge is 0.393 e. The highest BCUT2D eigenvalue weighted by atomic mass is 19.4. The number of aromatic nitrogens is 2. The van der Waals surface area contributed by atoms with Crippen LogP contribution in [-0.4, -0.2) is 52.5 Å². The van der Waals surface area contributed by atoms with Crippen molar-refractivity contribution in [2.45, 2.75) is 56.5 Å². The first-order valence-electron chi connectivity index (χ1n) is 10.2. The van der Waals surface area contributed by atoms with Crippen molar-refractivity contribution in [3.63, 3.8) is 0 Å². The summed E-state index contributed by atoms with van der Waals surface area (Å²) in [7, 11) is 0. The van der Waals surface area contributed by atoms with Gasteiger partial charge in [0.25, 0.3) is 0 Å². The SMILES string of the molecule is N#Cc1ccc(N2C[C@H](NC3CCC(O)CC3)C[C@H](C(F)(F)F)C2)c2nccnc12. The fourth-order valence-electron chi connectivity index (χ4n) is 4.62. The number of aliphatic hydroxyl groups is 1. The van der Waals surface area contributed by atoms with Crippen LogP contribution in [0.25, 0.3) is 11.0 Å². The molecular weight excluding hydrogens is 395 g/mol. The van der Waals surface area contributed by atoms with Gasteiger partial charge >= 0.3 is 6.18 Å². The van der Waals surface area contributed by atoms with Crippen LogP contribution in [0.2, 0.25) is 0 Å². The number of anilines is 1. The van der Waals surface area contributed by atoms with Gasteiger partial charge in [-0.15, -0.1) is 0 Å². The Morgan fingerprint density at radius 2 is 1.73 bits per heavy atom. The van der Waals surface area contributed by atoms with Gasteiger partial charge in [-0.05, 0) is 44.2 Å². The van der Waals surface area contributed by atoms with Gasteiger partial charge in [0, 0.05) is 37.6 Å². The number of nitrogens with one attached hydrogen (secondary N) is 1. The largest absolute Gasteiger partial charge is 0.393 e. The molecule has 0 amide bonds. The molecule has 2 atom stereocenters. The van der Waals surface area contributed by atoms with Gasteiger partial charge in [0.05, 0.1) is 23.3 Å². The number of nitrogens with zero attached hydrogens (tertiary/aromatic N) is 4. The molecule has 1 aliphatic carbocycles. The van der Waals surface area contributed by atoms with Crippen LogP contribution in [0, 0.1) is 17.2 Å². The molecule has 1 saturated heterocycles. The number of piperidine rings is 1. The molecule has 2 aromatic rings. The van der Waals surface area contributed by atoms with E-state index in [1.54, 1.807) is 17.0 Å². The maximum Gasteiger partial charge on any atom is 0.393 e. The van der Waals surface area contributed by atoms with Crippen LogP contribution in [0.3, 0.4) is 0 Å². The predicted molar refractivity (Wildman–Crippen MR) is 106 cm³/mol. The molecule has 1 aromatic heterocycles. The lowest BCUT2D eigenvalue weighted by atomic mass is 9.89. The predicted octanol–water partition coefficient (Wildman–Crippen LogP) is 3.15. The summed E-state index contributed by atoms with van der Waals surface area (Å²) in [5.74, 6) is -1.46. The van der Waals surface area contributed by atoms with E-state index in [0.29, 0.717) is 41.7 Å². The fourth-order valence-corrected chi connectivity index (χ4v) is 4.62. The molecule has 6 nitrogen and oxygen atoms in total. The average molecular weight is 419 g/mol. The topological polar surface area (TPSA) is 85.1 Å². The second kappa shape index (κ2) is 8.36. The zero-order valence-corrected chi connectivity index (χ0v) is 16.4. The Kier molecular flexibility index (Phi) is 5.80. The first kappa shape index (κ1) is 20.8. The normalized spacial score (nSPS) is 27.8. The second-order valence-corrected chi connectivity index (χ2v) is 8.25. The van der Waals surface area contributed by atoms with E-state index in [1.807, 2.05) is 0 Å². The standard InChI is InChI=1S/C21H24F3N5O/c22-21(23,24)14-9-16(28-15-2-4-17(30)5-3-15)12-29(11-14)18-6-1-13(10-25)19-20(18)27-8-7-26-19/h1,6-8,14-17,28,30H,2-5,9,11-12H2/t14-,15?,16+,17?/m0/s1. The van der Waals surface area contributed by atoms with Gasteiger partial charge in [0.1, 0.15) is 17.1 Å². The third-order valence-electron chi connectivity index (χ3n) is 6.15. The van der Waals surface area contributed by atoms with Crippen molar-refractivity contribution in [2.75, 3.05) is 18.0 Å². The first-order valence-corrected chi connectivity index (χ1v) is 10.2. The molecular formula is C21H24F3N5O. The number of halogens is 3. The van der Waals surface area contributed by atoms with Gasteiger partial charge < -0.3 is 15.3 Å². The van der Waals surface area contributed by atoms with Gasteiger partial charge in [-0.1, -0.05) is 0 Å². The van der Waals surface area contributed by atoms with Crippen molar-refractivity contribution in [2.24, 2.45) is 5.92 Å². The maximum atomic E-state index is 13.7. The molecule has 2 aliphatic rings. The number of fused-ring (bicyclic) bond motifs is 1. The lowest BCUT2D eigenvalue weighted by molar-refractivity contribution is -0.177. The molecule has 1 aliphatic heterocycles. The Bertz CT molecular complexity index is 936. The molecule has 2 fully saturated rings. The van der Waals surface area contributed by atoms with E-state index in [1.165, 1.54) is 12.4 Å². The summed E-state index contributed by atoms with van der Waals surface area (Å²) in [5.41, 5.74) is 1.76. The van der Waals surface area contributed by atoms with E-state index in [-0.39, 0.29) is 31.2 Å². The Morgan fingerprint density at radius 1 is 1.03 bits per heavy atom. The Morgan fingerprint density at radius 3 is 2.40 bits per heavy atom. The third kappa shape index (κ3) is 4.35. The minimum atomic E-state index is -4.30. The summed E-state index contributed by atoms with van der Waals surface area (Å²) in [6, 6.07) is 5.12. The number of hydrogen-bond acceptors (Lipinski definition) is 6. The van der Waals surface area contributed by atoms with Gasteiger partial charge in [0.15, 0.2) is 0 Å². The number of aliphatic hydroxyl groups excluding tert-OH is 1. The lowest BCUT2D eigenvalue weighted by Crippen LogP contribution is -2.55. The lowest BCUT2D eigenvalue weighted by Gasteiger charge is -2.42. The van der Waals surface area contributed by atoms with Gasteiger partial charge in [-0.2, -0.15) is 18.4 Å². The quantitative estimate of drug-likeness (QED) is 0.795. The van der Waals surface area contributed by atoms with Crippen LogP contribution in [0.4, 0.5) is 18.9 Å². The van der Waals surface area contributed by atoms with Crippen LogP contribution >= 0.6 is 0 Å². The van der Waals surface area contributed by atoms with Crippen LogP contribution in [0.1, 0.15) is 37.7 Å². The van der Waals surface area contributed by atoms with Crippen molar-refractivity contribution in [3.05, 3.63) is 30.1 Å². The van der Waals surface area contributed by atoms with E-state index in [4.69, 9.17) is 0 Å². The zero-order valence-electron chi connectivity index (χ0n) is 16.4. The van der Waals surface area contributed by atoms with Crippen LogP contribution in [0.15, 0.2) is 24.5 Å². The minimum Gasteiger partial charge on any atom is -0.393 e. The van der Waals surface area contributed by atoms with Gasteiger partial charge in [-0.3, -0.25) is 9.97 Å². The van der Waals surface area contributed by atoms with Crippen molar-refractivity contribution >= 4 is 16.7 Å². The zero-order chi connectivity index (χ0) is 21.3. The Balaban J connectivity index is 1.62. The molecule has 4 rings (SSSR count). The van der Waals surface area contributed by atoms with Crippen molar-refractivity contribution < 1.29 is 18.3 Å². The van der Waals surface area contributed by atoms with E-state index in [0.717, 1.165) is 12.8 Å². The van der Waals surface area contributed by atoms with E-state index < -0.39 is 12.1 Å². The van der Waals surface area contributed by atoms with Crippen LogP contribution < -0.4 is 10.2 Å². The summed E-state index contributed by atoms with van der Waals surface area (Å²) in [6.45, 7) is 0.270. The number of rotatable bonds is 3. The summed E-state index contributed by atoms with van der Waals surface area (Å²) >= 11 is 0. The molecule has 0 spiro atoms. The molecule has 1 saturated carbocycles. The van der Waals surface area contributed by atoms with Gasteiger partial charge in [0.2, 0.25) is 0 Å². The summed E-state index contributed by atoms with van der Waals surface area (Å²) in [6.07, 6.45) is 1.26. The minimum absolute atomic E-state index is 0.0267. The summed E-state index contributed by atoms with van der Waals surface area (Å²) in [5, 5.41) is 22.4. The highest BCUT2D eigenvalue weighted by Gasteiger charge is 2.45. The Hall–Kier alpha value is -2.44. The van der Waals surface area contributed by atoms with Crippen molar-refractivity contribution in [1.29, 1.82) is 5.26 Å². The number of hydrogen-bond donors (Lipinski definition) is 2. The number of alkyl halides is 3. The number of nitriles is 1. The molecule has 1 aromatic carbocycles. The fraction of sp³-hybridized carbons (Fsp3) is 0.571. The van der Waals surface area contributed by atoms with E-state index in [9.17, 15) is 23.5 Å². The maximum absolute atomic E-state index is 13.7. The molecule has 9 heteroatoms. The molecule has 0 bridgehead atoms. The van der Waals surface area contributed by atoms with E-state index in [2.05, 4.69) is 21.4 Å². The van der Waals surface area contributed by atoms with E-state index >= 15 is 0 Å². The first-order chi connectivity index (χ1) is 14.3. The molecule has 2 heterocycles. The number of benzene rings is 1. The van der Waals surface area contributed by atoms with Gasteiger partial charge in [-0.25, -0.2) is 0 Å². The van der Waals surface area contributed by atoms with Crippen LogP contribution in [0.5, 0.6) is 0 Å². The van der Waals surface area contributed by atoms with Crippen LogP contribution in [-0.2, 0) is 0 Å². The highest BCUT2D eigenvalue weighted by Crippen LogP contribution is 2.37. The summed E-state index contributed by atoms with van der Waals surface area (Å²) in [4.78, 5) is 10.3. The third-order valence-corrected chi connectivity index (χ3v) is 6.15. The van der Waals surface area contributed by atoms with Crippen molar-refractivity contribution in [1.82, 2.24) is 15.3 Å².